The normalized spacial score (nSPS) is 11.0. The molecule has 2 aromatic carbocycles. The molecule has 0 radical (unpaired) electrons. The summed E-state index contributed by atoms with van der Waals surface area (Å²) in [6.07, 6.45) is 0. The molecule has 0 atom stereocenters. The summed E-state index contributed by atoms with van der Waals surface area (Å²) in [5.74, 6) is 0.108. The summed E-state index contributed by atoms with van der Waals surface area (Å²) in [5.41, 5.74) is 3.66. The first-order chi connectivity index (χ1) is 12.1. The minimum absolute atomic E-state index is 0.0282. The van der Waals surface area contributed by atoms with Gasteiger partial charge in [0.05, 0.1) is 0 Å². The van der Waals surface area contributed by atoms with Crippen LogP contribution in [0.1, 0.15) is 21.7 Å². The highest BCUT2D eigenvalue weighted by molar-refractivity contribution is 6.03. The highest BCUT2D eigenvalue weighted by Gasteiger charge is 2.17. The lowest BCUT2D eigenvalue weighted by Gasteiger charge is -2.01. The zero-order valence-corrected chi connectivity index (χ0v) is 13.7. The van der Waals surface area contributed by atoms with E-state index in [9.17, 15) is 4.79 Å². The minimum atomic E-state index is -0.438. The van der Waals surface area contributed by atoms with Crippen LogP contribution in [0.25, 0.3) is 22.4 Å². The van der Waals surface area contributed by atoms with Gasteiger partial charge in [-0.05, 0) is 37.6 Å². The summed E-state index contributed by atoms with van der Waals surface area (Å²) in [6, 6.07) is 15.0. The van der Waals surface area contributed by atoms with Gasteiger partial charge in [0, 0.05) is 10.9 Å². The van der Waals surface area contributed by atoms with Crippen LogP contribution in [0.5, 0.6) is 0 Å². The molecule has 0 fully saturated rings. The first-order valence-electron chi connectivity index (χ1n) is 7.81. The van der Waals surface area contributed by atoms with Gasteiger partial charge in [0.25, 0.3) is 5.91 Å². The Kier molecular flexibility index (Phi) is 3.57. The van der Waals surface area contributed by atoms with Crippen molar-refractivity contribution in [3.8, 4) is 11.5 Å². The van der Waals surface area contributed by atoms with Gasteiger partial charge in [-0.15, -0.1) is 5.10 Å². The summed E-state index contributed by atoms with van der Waals surface area (Å²) < 4.78 is 11.1. The van der Waals surface area contributed by atoms with Crippen LogP contribution in [0.15, 0.2) is 57.4 Å². The first-order valence-corrected chi connectivity index (χ1v) is 7.81. The van der Waals surface area contributed by atoms with Crippen LogP contribution in [0.4, 0.5) is 6.01 Å². The second-order valence-electron chi connectivity index (χ2n) is 5.83. The Morgan fingerprint density at radius 3 is 2.64 bits per heavy atom. The van der Waals surface area contributed by atoms with Gasteiger partial charge >= 0.3 is 6.01 Å². The van der Waals surface area contributed by atoms with Gasteiger partial charge in [-0.1, -0.05) is 41.0 Å². The predicted molar refractivity (Wildman–Crippen MR) is 93.4 cm³/mol. The number of benzene rings is 2. The van der Waals surface area contributed by atoms with Gasteiger partial charge in [0.1, 0.15) is 5.58 Å². The van der Waals surface area contributed by atoms with E-state index < -0.39 is 5.91 Å². The van der Waals surface area contributed by atoms with Crippen molar-refractivity contribution in [2.24, 2.45) is 0 Å². The van der Waals surface area contributed by atoms with Crippen molar-refractivity contribution in [3.63, 3.8) is 0 Å². The highest BCUT2D eigenvalue weighted by atomic mass is 16.4. The van der Waals surface area contributed by atoms with Crippen molar-refractivity contribution in [1.82, 2.24) is 10.2 Å². The van der Waals surface area contributed by atoms with Crippen molar-refractivity contribution in [1.29, 1.82) is 0 Å². The van der Waals surface area contributed by atoms with Gasteiger partial charge < -0.3 is 8.83 Å². The molecule has 124 valence electrons. The van der Waals surface area contributed by atoms with E-state index in [0.717, 1.165) is 22.1 Å². The fraction of sp³-hybridized carbons (Fsp3) is 0.105. The standard InChI is InChI=1S/C19H15N3O3/c1-11-7-8-14(12(2)9-11)18-21-22-19(25-18)20-17(23)16-10-13-5-3-4-6-15(13)24-16/h3-10H,1-2H3,(H,20,22,23). The van der Waals surface area contributed by atoms with Crippen LogP contribution in [0.2, 0.25) is 0 Å². The van der Waals surface area contributed by atoms with E-state index in [1.807, 2.05) is 50.2 Å². The van der Waals surface area contributed by atoms with Gasteiger partial charge in [0.2, 0.25) is 5.89 Å². The molecular weight excluding hydrogens is 318 g/mol. The van der Waals surface area contributed by atoms with Gasteiger partial charge in [0.15, 0.2) is 5.76 Å². The molecule has 4 rings (SSSR count). The van der Waals surface area contributed by atoms with Crippen LogP contribution in [-0.2, 0) is 0 Å². The topological polar surface area (TPSA) is 81.2 Å². The van der Waals surface area contributed by atoms with Crippen LogP contribution >= 0.6 is 0 Å². The number of aromatic nitrogens is 2. The third kappa shape index (κ3) is 2.89. The Morgan fingerprint density at radius 1 is 1.00 bits per heavy atom. The smallest absolute Gasteiger partial charge is 0.322 e. The highest BCUT2D eigenvalue weighted by Crippen LogP contribution is 2.25. The number of fused-ring (bicyclic) bond motifs is 1. The lowest BCUT2D eigenvalue weighted by Crippen LogP contribution is -2.10. The van der Waals surface area contributed by atoms with Crippen molar-refractivity contribution in [2.75, 3.05) is 5.32 Å². The number of amides is 1. The van der Waals surface area contributed by atoms with Crippen LogP contribution < -0.4 is 5.32 Å². The van der Waals surface area contributed by atoms with Crippen molar-refractivity contribution in [2.45, 2.75) is 13.8 Å². The van der Waals surface area contributed by atoms with E-state index in [2.05, 4.69) is 15.5 Å². The summed E-state index contributed by atoms with van der Waals surface area (Å²) in [7, 11) is 0. The third-order valence-electron chi connectivity index (χ3n) is 3.91. The van der Waals surface area contributed by atoms with Crippen molar-refractivity contribution in [3.05, 3.63) is 65.4 Å². The summed E-state index contributed by atoms with van der Waals surface area (Å²) in [4.78, 5) is 12.3. The zero-order valence-electron chi connectivity index (χ0n) is 13.7. The van der Waals surface area contributed by atoms with Crippen molar-refractivity contribution >= 4 is 22.9 Å². The quantitative estimate of drug-likeness (QED) is 0.603. The lowest BCUT2D eigenvalue weighted by atomic mass is 10.1. The van der Waals surface area contributed by atoms with E-state index in [-0.39, 0.29) is 11.8 Å². The second-order valence-corrected chi connectivity index (χ2v) is 5.83. The number of nitrogens with one attached hydrogen (secondary N) is 1. The third-order valence-corrected chi connectivity index (χ3v) is 3.91. The Labute approximate surface area is 143 Å². The minimum Gasteiger partial charge on any atom is -0.451 e. The molecule has 0 saturated heterocycles. The maximum atomic E-state index is 12.3. The summed E-state index contributed by atoms with van der Waals surface area (Å²) in [6.45, 7) is 3.99. The molecule has 2 aromatic heterocycles. The molecule has 2 heterocycles. The number of hydrogen-bond acceptors (Lipinski definition) is 5. The molecule has 0 aliphatic carbocycles. The van der Waals surface area contributed by atoms with Gasteiger partial charge in [-0.2, -0.15) is 0 Å². The van der Waals surface area contributed by atoms with E-state index in [4.69, 9.17) is 8.83 Å². The molecule has 0 bridgehead atoms. The fourth-order valence-corrected chi connectivity index (χ4v) is 2.69. The average Bonchev–Trinajstić information content (AvgIpc) is 3.21. The summed E-state index contributed by atoms with van der Waals surface area (Å²) >= 11 is 0. The van der Waals surface area contributed by atoms with E-state index in [1.54, 1.807) is 12.1 Å². The second kappa shape index (κ2) is 5.90. The van der Waals surface area contributed by atoms with Crippen molar-refractivity contribution < 1.29 is 13.6 Å². The number of rotatable bonds is 3. The van der Waals surface area contributed by atoms with E-state index in [1.165, 1.54) is 0 Å². The molecule has 0 aliphatic rings. The molecule has 25 heavy (non-hydrogen) atoms. The molecule has 0 spiro atoms. The Bertz CT molecular complexity index is 1050. The molecule has 1 amide bonds. The average molecular weight is 333 g/mol. The molecule has 0 saturated carbocycles. The Balaban J connectivity index is 1.57. The monoisotopic (exact) mass is 333 g/mol. The van der Waals surface area contributed by atoms with Gasteiger partial charge in [-0.3, -0.25) is 10.1 Å². The predicted octanol–water partition coefficient (Wildman–Crippen LogP) is 4.35. The molecule has 1 N–H and O–H groups in total. The number of para-hydroxylation sites is 1. The summed E-state index contributed by atoms with van der Waals surface area (Å²) in [5, 5.41) is 11.3. The molecule has 0 unspecified atom stereocenters. The molecule has 6 nitrogen and oxygen atoms in total. The van der Waals surface area contributed by atoms with Crippen LogP contribution in [0, 0.1) is 13.8 Å². The van der Waals surface area contributed by atoms with Crippen LogP contribution in [0.3, 0.4) is 0 Å². The zero-order chi connectivity index (χ0) is 17.4. The van der Waals surface area contributed by atoms with E-state index in [0.29, 0.717) is 11.5 Å². The number of furan rings is 1. The number of hydrogen-bond donors (Lipinski definition) is 1. The number of carbonyl (C=O) groups is 1. The molecule has 4 aromatic rings. The molecular formula is C19H15N3O3. The SMILES string of the molecule is Cc1ccc(-c2nnc(NC(=O)c3cc4ccccc4o3)o2)c(C)c1. The van der Waals surface area contributed by atoms with E-state index >= 15 is 0 Å². The molecule has 0 aliphatic heterocycles. The van der Waals surface area contributed by atoms with Gasteiger partial charge in [-0.25, -0.2) is 0 Å². The van der Waals surface area contributed by atoms with Crippen LogP contribution in [-0.4, -0.2) is 16.1 Å². The number of nitrogens with zero attached hydrogens (tertiary/aromatic N) is 2. The maximum Gasteiger partial charge on any atom is 0.322 e. The number of aryl methyl sites for hydroxylation is 2. The largest absolute Gasteiger partial charge is 0.451 e. The Morgan fingerprint density at radius 2 is 1.84 bits per heavy atom. The molecule has 6 heteroatoms. The lowest BCUT2D eigenvalue weighted by molar-refractivity contribution is 0.0996. The number of anilines is 1. The number of carbonyl (C=O) groups excluding carboxylic acids is 1. The first kappa shape index (κ1) is 15.1. The maximum absolute atomic E-state index is 12.3. The Hall–Kier alpha value is -3.41. The fourth-order valence-electron chi connectivity index (χ4n) is 2.69.